The van der Waals surface area contributed by atoms with Gasteiger partial charge in [-0.2, -0.15) is 4.55 Å². The topological polar surface area (TPSA) is 84.2 Å². The van der Waals surface area contributed by atoms with Crippen molar-refractivity contribution in [3.63, 3.8) is 0 Å². The van der Waals surface area contributed by atoms with Crippen LogP contribution in [0.25, 0.3) is 11.0 Å². The van der Waals surface area contributed by atoms with Gasteiger partial charge in [-0.15, -0.1) is 0 Å². The smallest absolute Gasteiger partial charge is 0.251 e. The SMILES string of the molecule is CC[S+](=O)(O)c1ccc(CNC(=O)c2ccc3c(c2)nc(Cc2ccccc2C)n3C(C)C)cc1. The number of aromatic nitrogens is 2. The van der Waals surface area contributed by atoms with Crippen LogP contribution in [-0.2, 0) is 27.4 Å². The molecule has 0 fully saturated rings. The van der Waals surface area contributed by atoms with Gasteiger partial charge in [-0.05, 0) is 74.7 Å². The van der Waals surface area contributed by atoms with Crippen LogP contribution in [0.2, 0.25) is 0 Å². The summed E-state index contributed by atoms with van der Waals surface area (Å²) in [6.45, 7) is 8.41. The first-order valence-electron chi connectivity index (χ1n) is 11.9. The van der Waals surface area contributed by atoms with E-state index < -0.39 is 10.2 Å². The molecule has 1 amide bonds. The maximum absolute atomic E-state index is 12.9. The standard InChI is InChI=1S/C28H31N3O3S/c1-5-35(33,34)24-13-10-21(11-14-24)18-29-28(32)23-12-15-26-25(16-23)30-27(31(26)19(2)3)17-22-9-7-6-8-20(22)4/h6-16,19H,5,17-18H2,1-4H3,(H-,29,32,33,34)/p+1. The molecule has 0 bridgehead atoms. The zero-order valence-electron chi connectivity index (χ0n) is 20.6. The molecule has 1 aromatic heterocycles. The van der Waals surface area contributed by atoms with Gasteiger partial charge in [0.15, 0.2) is 4.90 Å². The summed E-state index contributed by atoms with van der Waals surface area (Å²) in [5.41, 5.74) is 5.70. The Labute approximate surface area is 207 Å². The molecule has 7 heteroatoms. The number of carbonyl (C=O) groups is 1. The Morgan fingerprint density at radius 2 is 1.80 bits per heavy atom. The van der Waals surface area contributed by atoms with Gasteiger partial charge in [-0.1, -0.05) is 40.6 Å². The number of nitrogens with one attached hydrogen (secondary N) is 1. The molecule has 0 saturated carbocycles. The van der Waals surface area contributed by atoms with Gasteiger partial charge in [-0.25, -0.2) is 4.98 Å². The van der Waals surface area contributed by atoms with Gasteiger partial charge in [0.05, 0.1) is 11.0 Å². The van der Waals surface area contributed by atoms with Crippen molar-refractivity contribution in [2.45, 2.75) is 51.6 Å². The van der Waals surface area contributed by atoms with Gasteiger partial charge in [0.2, 0.25) is 10.2 Å². The molecule has 0 radical (unpaired) electrons. The number of imidazole rings is 1. The van der Waals surface area contributed by atoms with E-state index in [4.69, 9.17) is 4.98 Å². The number of benzene rings is 3. The minimum atomic E-state index is -2.99. The lowest BCUT2D eigenvalue weighted by molar-refractivity contribution is 0.0951. The lowest BCUT2D eigenvalue weighted by atomic mass is 10.1. The highest BCUT2D eigenvalue weighted by atomic mass is 32.3. The number of carbonyl (C=O) groups excluding carboxylic acids is 1. The summed E-state index contributed by atoms with van der Waals surface area (Å²) in [7, 11) is -2.99. The summed E-state index contributed by atoms with van der Waals surface area (Å²) >= 11 is 0. The fraction of sp³-hybridized carbons (Fsp3) is 0.286. The van der Waals surface area contributed by atoms with E-state index in [1.807, 2.05) is 30.3 Å². The van der Waals surface area contributed by atoms with Crippen LogP contribution in [0.15, 0.2) is 71.6 Å². The number of fused-ring (bicyclic) bond motifs is 1. The van der Waals surface area contributed by atoms with Crippen LogP contribution in [0.3, 0.4) is 0 Å². The second kappa shape index (κ2) is 10.1. The Balaban J connectivity index is 1.53. The van der Waals surface area contributed by atoms with E-state index in [0.29, 0.717) is 17.0 Å². The van der Waals surface area contributed by atoms with Crippen molar-refractivity contribution in [3.05, 3.63) is 94.8 Å². The highest BCUT2D eigenvalue weighted by Gasteiger charge is 2.25. The van der Waals surface area contributed by atoms with Crippen molar-refractivity contribution in [2.75, 3.05) is 5.75 Å². The largest absolute Gasteiger partial charge is 0.348 e. The zero-order valence-corrected chi connectivity index (χ0v) is 21.4. The second-order valence-electron chi connectivity index (χ2n) is 9.05. The Bertz CT molecular complexity index is 1410. The number of hydrogen-bond donors (Lipinski definition) is 2. The first-order valence-corrected chi connectivity index (χ1v) is 13.5. The average molecular weight is 491 g/mol. The number of rotatable bonds is 8. The van der Waals surface area contributed by atoms with Crippen molar-refractivity contribution in [2.24, 2.45) is 0 Å². The van der Waals surface area contributed by atoms with E-state index >= 15 is 0 Å². The molecule has 0 spiro atoms. The Morgan fingerprint density at radius 3 is 2.46 bits per heavy atom. The van der Waals surface area contributed by atoms with Gasteiger partial charge in [0.25, 0.3) is 5.91 Å². The molecule has 6 nitrogen and oxygen atoms in total. The Morgan fingerprint density at radius 1 is 1.09 bits per heavy atom. The van der Waals surface area contributed by atoms with Gasteiger partial charge >= 0.3 is 0 Å². The molecule has 0 aliphatic carbocycles. The zero-order chi connectivity index (χ0) is 25.2. The minimum absolute atomic E-state index is 0.171. The third kappa shape index (κ3) is 5.36. The number of amides is 1. The molecule has 1 heterocycles. The fourth-order valence-corrected chi connectivity index (χ4v) is 5.14. The summed E-state index contributed by atoms with van der Waals surface area (Å²) in [6.07, 6.45) is 0.731. The fourth-order valence-electron chi connectivity index (χ4n) is 4.24. The van der Waals surface area contributed by atoms with E-state index in [1.165, 1.54) is 11.1 Å². The second-order valence-corrected chi connectivity index (χ2v) is 11.4. The van der Waals surface area contributed by atoms with E-state index in [9.17, 15) is 13.6 Å². The third-order valence-corrected chi connectivity index (χ3v) is 8.08. The van der Waals surface area contributed by atoms with Crippen LogP contribution < -0.4 is 5.32 Å². The molecule has 1 unspecified atom stereocenters. The molecule has 0 aliphatic rings. The van der Waals surface area contributed by atoms with Crippen LogP contribution in [0.5, 0.6) is 0 Å². The Kier molecular flexibility index (Phi) is 7.19. The monoisotopic (exact) mass is 490 g/mol. The maximum Gasteiger partial charge on any atom is 0.251 e. The first kappa shape index (κ1) is 24.8. The van der Waals surface area contributed by atoms with Gasteiger partial charge in [0, 0.05) is 24.6 Å². The molecule has 182 valence electrons. The molecule has 3 aromatic carbocycles. The number of nitrogens with zero attached hydrogens (tertiary/aromatic N) is 2. The van der Waals surface area contributed by atoms with Gasteiger partial charge in [0.1, 0.15) is 11.6 Å². The average Bonchev–Trinajstić information content (AvgIpc) is 3.21. The lowest BCUT2D eigenvalue weighted by Gasteiger charge is -2.14. The van der Waals surface area contributed by atoms with Gasteiger partial charge < -0.3 is 9.88 Å². The molecule has 1 atom stereocenters. The summed E-state index contributed by atoms with van der Waals surface area (Å²) in [6, 6.07) is 21.0. The highest BCUT2D eigenvalue weighted by molar-refractivity contribution is 7.97. The van der Waals surface area contributed by atoms with Crippen LogP contribution in [0.1, 0.15) is 59.7 Å². The van der Waals surface area contributed by atoms with Crippen LogP contribution in [-0.4, -0.2) is 25.8 Å². The molecule has 0 saturated heterocycles. The molecule has 2 N–H and O–H groups in total. The molecule has 4 aromatic rings. The predicted molar refractivity (Wildman–Crippen MR) is 141 cm³/mol. The lowest BCUT2D eigenvalue weighted by Crippen LogP contribution is -2.22. The van der Waals surface area contributed by atoms with Crippen molar-refractivity contribution in [3.8, 4) is 0 Å². The summed E-state index contributed by atoms with van der Waals surface area (Å²) in [5.74, 6) is 0.967. The van der Waals surface area contributed by atoms with Crippen LogP contribution >= 0.6 is 0 Å². The summed E-state index contributed by atoms with van der Waals surface area (Å²) in [4.78, 5) is 18.2. The van der Waals surface area contributed by atoms with Gasteiger partial charge in [-0.3, -0.25) is 4.79 Å². The molecular formula is C28H32N3O3S+. The quantitative estimate of drug-likeness (QED) is 0.306. The van der Waals surface area contributed by atoms with Crippen LogP contribution in [0, 0.1) is 6.92 Å². The number of aryl methyl sites for hydroxylation is 1. The van der Waals surface area contributed by atoms with Crippen molar-refractivity contribution < 1.29 is 13.6 Å². The van der Waals surface area contributed by atoms with Crippen molar-refractivity contribution >= 4 is 27.2 Å². The number of hydrogen-bond acceptors (Lipinski definition) is 3. The molecule has 0 aliphatic heterocycles. The summed E-state index contributed by atoms with van der Waals surface area (Å²) < 4.78 is 24.3. The minimum Gasteiger partial charge on any atom is -0.348 e. The third-order valence-electron chi connectivity index (χ3n) is 6.29. The first-order chi connectivity index (χ1) is 16.7. The van der Waals surface area contributed by atoms with Crippen molar-refractivity contribution in [1.29, 1.82) is 0 Å². The molecule has 4 rings (SSSR count). The van der Waals surface area contributed by atoms with E-state index in [-0.39, 0.29) is 17.7 Å². The van der Waals surface area contributed by atoms with Crippen molar-refractivity contribution in [1.82, 2.24) is 14.9 Å². The summed E-state index contributed by atoms with van der Waals surface area (Å²) in [5, 5.41) is 2.94. The highest BCUT2D eigenvalue weighted by Crippen LogP contribution is 2.25. The normalized spacial score (nSPS) is 13.2. The maximum atomic E-state index is 12.9. The predicted octanol–water partition coefficient (Wildman–Crippen LogP) is 5.80. The van der Waals surface area contributed by atoms with E-state index in [0.717, 1.165) is 28.8 Å². The molecular weight excluding hydrogens is 458 g/mol. The van der Waals surface area contributed by atoms with E-state index in [2.05, 4.69) is 42.8 Å². The van der Waals surface area contributed by atoms with Crippen LogP contribution in [0.4, 0.5) is 0 Å². The Hall–Kier alpha value is -3.29. The van der Waals surface area contributed by atoms with E-state index in [1.54, 1.807) is 31.2 Å². The molecule has 35 heavy (non-hydrogen) atoms.